The van der Waals surface area contributed by atoms with E-state index in [0.717, 1.165) is 6.07 Å². The summed E-state index contributed by atoms with van der Waals surface area (Å²) in [5.41, 5.74) is 0.522. The highest BCUT2D eigenvalue weighted by molar-refractivity contribution is 6.31. The van der Waals surface area contributed by atoms with Crippen molar-refractivity contribution in [2.45, 2.75) is 25.1 Å². The van der Waals surface area contributed by atoms with Crippen LogP contribution in [-0.2, 0) is 11.3 Å². The fourth-order valence-corrected chi connectivity index (χ4v) is 2.88. The van der Waals surface area contributed by atoms with Crippen molar-refractivity contribution < 1.29 is 28.2 Å². The molecule has 0 aromatic heterocycles. The van der Waals surface area contributed by atoms with Gasteiger partial charge < -0.3 is 25.8 Å². The largest absolute Gasteiger partial charge is 0.484 e. The molecule has 0 fully saturated rings. The third-order valence-electron chi connectivity index (χ3n) is 4.36. The molecule has 4 N–H and O–H groups in total. The van der Waals surface area contributed by atoms with Gasteiger partial charge in [0.2, 0.25) is 0 Å². The maximum Gasteiger partial charge on any atom is 0.315 e. The Labute approximate surface area is 199 Å². The molecule has 0 spiro atoms. The summed E-state index contributed by atoms with van der Waals surface area (Å²) in [5.74, 6) is -1.65. The highest BCUT2D eigenvalue weighted by Gasteiger charge is 2.15. The summed E-state index contributed by atoms with van der Waals surface area (Å²) < 4.78 is 32.0. The number of carbonyl (C=O) groups excluding carboxylic acids is 2. The molecule has 7 nitrogen and oxygen atoms in total. The van der Waals surface area contributed by atoms with Gasteiger partial charge in [-0.25, -0.2) is 13.6 Å². The Balaban J connectivity index is 1.69. The average Bonchev–Trinajstić information content (AvgIpc) is 2.78. The van der Waals surface area contributed by atoms with Gasteiger partial charge in [0.25, 0.3) is 5.91 Å². The maximum atomic E-state index is 13.4. The predicted molar refractivity (Wildman–Crippen MR) is 121 cm³/mol. The lowest BCUT2D eigenvalue weighted by atomic mass is 10.1. The maximum absolute atomic E-state index is 13.4. The second kappa shape index (κ2) is 13.0. The van der Waals surface area contributed by atoms with Crippen LogP contribution in [0.15, 0.2) is 49.1 Å². The number of hydrogen-bond acceptors (Lipinski definition) is 4. The summed E-state index contributed by atoms with van der Waals surface area (Å²) >= 11 is 11.2. The van der Waals surface area contributed by atoms with Gasteiger partial charge in [0, 0.05) is 19.2 Å². The predicted octanol–water partition coefficient (Wildman–Crippen LogP) is 3.57. The molecule has 3 amide bonds. The molecule has 0 aliphatic rings. The van der Waals surface area contributed by atoms with Gasteiger partial charge in [-0.15, -0.1) is 6.58 Å². The van der Waals surface area contributed by atoms with Crippen LogP contribution in [0.1, 0.15) is 12.0 Å². The number of amides is 3. The Kier molecular flexibility index (Phi) is 10.4. The molecule has 11 heteroatoms. The second-order valence-electron chi connectivity index (χ2n) is 6.98. The topological polar surface area (TPSA) is 99.7 Å². The zero-order chi connectivity index (χ0) is 24.4. The molecule has 0 saturated carbocycles. The number of carbonyl (C=O) groups is 2. The third kappa shape index (κ3) is 9.25. The quantitative estimate of drug-likeness (QED) is 0.353. The minimum absolute atomic E-state index is 0.0126. The molecule has 33 heavy (non-hydrogen) atoms. The van der Waals surface area contributed by atoms with Gasteiger partial charge in [-0.2, -0.15) is 0 Å². The number of halogens is 4. The Morgan fingerprint density at radius 3 is 2.39 bits per heavy atom. The van der Waals surface area contributed by atoms with Crippen LogP contribution in [-0.4, -0.2) is 42.3 Å². The van der Waals surface area contributed by atoms with E-state index in [1.807, 2.05) is 0 Å². The number of aliphatic hydroxyl groups is 1. The van der Waals surface area contributed by atoms with Crippen LogP contribution in [0.4, 0.5) is 13.6 Å². The van der Waals surface area contributed by atoms with Crippen LogP contribution in [0.2, 0.25) is 10.0 Å². The highest BCUT2D eigenvalue weighted by atomic mass is 35.5. The fourth-order valence-electron chi connectivity index (χ4n) is 2.64. The number of aliphatic hydroxyl groups excluding tert-OH is 1. The lowest BCUT2D eigenvalue weighted by Crippen LogP contribution is -2.44. The van der Waals surface area contributed by atoms with Crippen molar-refractivity contribution in [3.05, 3.63) is 76.3 Å². The van der Waals surface area contributed by atoms with Crippen molar-refractivity contribution in [1.82, 2.24) is 16.0 Å². The lowest BCUT2D eigenvalue weighted by molar-refractivity contribution is -0.123. The molecule has 0 radical (unpaired) electrons. The van der Waals surface area contributed by atoms with Crippen LogP contribution < -0.4 is 20.7 Å². The highest BCUT2D eigenvalue weighted by Crippen LogP contribution is 2.20. The third-order valence-corrected chi connectivity index (χ3v) is 4.97. The first kappa shape index (κ1) is 26.4. The summed E-state index contributed by atoms with van der Waals surface area (Å²) in [6.45, 7) is 3.20. The smallest absolute Gasteiger partial charge is 0.315 e. The standard InChI is InChI=1S/C22H23Cl2F2N3O4/c1-2-14(29-22(32)28-10-13-3-5-17(23)19(25)7-13)8-15(30)11-27-21(31)12-33-16-4-6-18(24)20(26)9-16/h2-7,9,14-15,30H,1,8,10-12H2,(H,27,31)(H2,28,29,32)/t14?,15-/m0/s1. The van der Waals surface area contributed by atoms with Crippen molar-refractivity contribution in [2.75, 3.05) is 13.2 Å². The molecule has 0 saturated heterocycles. The van der Waals surface area contributed by atoms with Gasteiger partial charge in [-0.05, 0) is 36.2 Å². The van der Waals surface area contributed by atoms with Crippen LogP contribution >= 0.6 is 23.2 Å². The van der Waals surface area contributed by atoms with E-state index in [1.54, 1.807) is 6.07 Å². The normalized spacial score (nSPS) is 12.4. The summed E-state index contributed by atoms with van der Waals surface area (Å²) in [5, 5.41) is 17.7. The number of nitrogens with one attached hydrogen (secondary N) is 3. The summed E-state index contributed by atoms with van der Waals surface area (Å²) in [6.07, 6.45) is 0.524. The molecule has 2 rings (SSSR count). The van der Waals surface area contributed by atoms with E-state index in [9.17, 15) is 23.5 Å². The Morgan fingerprint density at radius 2 is 1.76 bits per heavy atom. The van der Waals surface area contributed by atoms with Gasteiger partial charge in [0.15, 0.2) is 6.61 Å². The van der Waals surface area contributed by atoms with E-state index in [1.165, 1.54) is 30.3 Å². The Hall–Kier alpha value is -2.88. The van der Waals surface area contributed by atoms with Crippen molar-refractivity contribution in [1.29, 1.82) is 0 Å². The summed E-state index contributed by atoms with van der Waals surface area (Å²) in [7, 11) is 0. The van der Waals surface area contributed by atoms with E-state index < -0.39 is 35.7 Å². The average molecular weight is 502 g/mol. The molecule has 0 aliphatic heterocycles. The molecule has 2 atom stereocenters. The Bertz CT molecular complexity index is 994. The SMILES string of the molecule is C=CC(C[C@H](O)CNC(=O)COc1ccc(Cl)c(F)c1)NC(=O)NCc1ccc(Cl)c(F)c1. The monoisotopic (exact) mass is 501 g/mol. The first-order chi connectivity index (χ1) is 15.7. The van der Waals surface area contributed by atoms with E-state index in [-0.39, 0.29) is 41.9 Å². The number of urea groups is 1. The van der Waals surface area contributed by atoms with E-state index in [0.29, 0.717) is 5.56 Å². The molecule has 2 aromatic carbocycles. The first-order valence-electron chi connectivity index (χ1n) is 9.81. The van der Waals surface area contributed by atoms with Crippen LogP contribution in [0.3, 0.4) is 0 Å². The number of ether oxygens (including phenoxy) is 1. The van der Waals surface area contributed by atoms with Gasteiger partial charge in [-0.3, -0.25) is 4.79 Å². The van der Waals surface area contributed by atoms with Gasteiger partial charge >= 0.3 is 6.03 Å². The molecular formula is C22H23Cl2F2N3O4. The van der Waals surface area contributed by atoms with Crippen molar-refractivity contribution >= 4 is 35.1 Å². The fraction of sp³-hybridized carbons (Fsp3) is 0.273. The molecule has 2 aromatic rings. The molecule has 0 bridgehead atoms. The summed E-state index contributed by atoms with van der Waals surface area (Å²) in [6, 6.07) is 6.83. The number of rotatable bonds is 11. The summed E-state index contributed by atoms with van der Waals surface area (Å²) in [4.78, 5) is 23.9. The number of benzene rings is 2. The molecule has 0 aliphatic carbocycles. The van der Waals surface area contributed by atoms with Crippen LogP contribution in [0.5, 0.6) is 5.75 Å². The zero-order valence-electron chi connectivity index (χ0n) is 17.4. The number of hydrogen-bond donors (Lipinski definition) is 4. The first-order valence-corrected chi connectivity index (χ1v) is 10.6. The van der Waals surface area contributed by atoms with Gasteiger partial charge in [-0.1, -0.05) is 35.3 Å². The van der Waals surface area contributed by atoms with Crippen LogP contribution in [0, 0.1) is 11.6 Å². The Morgan fingerprint density at radius 1 is 1.09 bits per heavy atom. The van der Waals surface area contributed by atoms with Crippen molar-refractivity contribution in [2.24, 2.45) is 0 Å². The van der Waals surface area contributed by atoms with Crippen LogP contribution in [0.25, 0.3) is 0 Å². The molecule has 178 valence electrons. The lowest BCUT2D eigenvalue weighted by Gasteiger charge is -2.19. The van der Waals surface area contributed by atoms with E-state index in [2.05, 4.69) is 22.5 Å². The van der Waals surface area contributed by atoms with Gasteiger partial charge in [0.05, 0.1) is 22.2 Å². The molecule has 0 heterocycles. The van der Waals surface area contributed by atoms with Gasteiger partial charge in [0.1, 0.15) is 17.4 Å². The van der Waals surface area contributed by atoms with Crippen molar-refractivity contribution in [3.8, 4) is 5.75 Å². The minimum Gasteiger partial charge on any atom is -0.484 e. The molecule has 1 unspecified atom stereocenters. The minimum atomic E-state index is -0.990. The second-order valence-corrected chi connectivity index (χ2v) is 7.79. The van der Waals surface area contributed by atoms with Crippen molar-refractivity contribution in [3.63, 3.8) is 0 Å². The van der Waals surface area contributed by atoms with E-state index in [4.69, 9.17) is 27.9 Å². The zero-order valence-corrected chi connectivity index (χ0v) is 18.9. The molecular weight excluding hydrogens is 479 g/mol. The van der Waals surface area contributed by atoms with E-state index >= 15 is 0 Å².